The highest BCUT2D eigenvalue weighted by Gasteiger charge is 2.01. The van der Waals surface area contributed by atoms with Crippen molar-refractivity contribution in [3.8, 4) is 0 Å². The molecule has 16 heavy (non-hydrogen) atoms. The van der Waals surface area contributed by atoms with Crippen LogP contribution in [0.15, 0.2) is 28.1 Å². The van der Waals surface area contributed by atoms with Gasteiger partial charge in [-0.05, 0) is 30.4 Å². The lowest BCUT2D eigenvalue weighted by atomic mass is 10.1. The molecule has 3 N–H and O–H groups in total. The first-order valence-electron chi connectivity index (χ1n) is 4.77. The van der Waals surface area contributed by atoms with Gasteiger partial charge in [0.2, 0.25) is 0 Å². The van der Waals surface area contributed by atoms with Crippen LogP contribution in [0, 0.1) is 6.92 Å². The van der Waals surface area contributed by atoms with E-state index in [-0.39, 0.29) is 24.0 Å². The number of aliphatic imine (C=N–C) groups is 1. The average Bonchev–Trinajstić information content (AvgIpc) is 2.26. The average molecular weight is 351 g/mol. The van der Waals surface area contributed by atoms with Crippen LogP contribution in [0.25, 0.3) is 0 Å². The van der Waals surface area contributed by atoms with E-state index >= 15 is 0 Å². The molecule has 0 aromatic heterocycles. The van der Waals surface area contributed by atoms with Gasteiger partial charge in [-0.15, -0.1) is 35.7 Å². The molecule has 0 unspecified atom stereocenters. The maximum atomic E-state index is 5.57. The second-order valence-electron chi connectivity index (χ2n) is 3.28. The van der Waals surface area contributed by atoms with Crippen molar-refractivity contribution < 1.29 is 0 Å². The van der Waals surface area contributed by atoms with E-state index in [4.69, 9.17) is 5.73 Å². The molecule has 1 aromatic carbocycles. The Kier molecular flexibility index (Phi) is 7.57. The van der Waals surface area contributed by atoms with Crippen molar-refractivity contribution in [3.63, 3.8) is 0 Å². The Balaban J connectivity index is 0.00000225. The molecule has 0 heterocycles. The summed E-state index contributed by atoms with van der Waals surface area (Å²) in [6, 6.07) is 6.41. The lowest BCUT2D eigenvalue weighted by Gasteiger charge is -2.09. The molecule has 1 rings (SSSR count). The smallest absolute Gasteiger partial charge is 0.188 e. The van der Waals surface area contributed by atoms with Gasteiger partial charge in [-0.2, -0.15) is 0 Å². The van der Waals surface area contributed by atoms with E-state index in [1.165, 1.54) is 16.0 Å². The van der Waals surface area contributed by atoms with Crippen LogP contribution in [0.3, 0.4) is 0 Å². The molecule has 3 nitrogen and oxygen atoms in total. The summed E-state index contributed by atoms with van der Waals surface area (Å²) in [5.41, 5.74) is 8.10. The molecule has 0 atom stereocenters. The normalized spacial score (nSPS) is 10.8. The number of hydrogen-bond acceptors (Lipinski definition) is 2. The molecule has 0 saturated carbocycles. The first-order chi connectivity index (χ1) is 7.17. The minimum absolute atomic E-state index is 0. The number of thioether (sulfide) groups is 1. The van der Waals surface area contributed by atoms with E-state index in [9.17, 15) is 0 Å². The number of benzene rings is 1. The van der Waals surface area contributed by atoms with Crippen LogP contribution in [0.1, 0.15) is 11.1 Å². The molecule has 0 spiro atoms. The topological polar surface area (TPSA) is 50.4 Å². The van der Waals surface area contributed by atoms with Crippen LogP contribution in [0.5, 0.6) is 0 Å². The second kappa shape index (κ2) is 7.78. The molecule has 0 bridgehead atoms. The number of hydrogen-bond donors (Lipinski definition) is 2. The van der Waals surface area contributed by atoms with Crippen LogP contribution in [-0.4, -0.2) is 19.3 Å². The molecule has 0 saturated heterocycles. The lowest BCUT2D eigenvalue weighted by molar-refractivity contribution is 0.879. The third-order valence-electron chi connectivity index (χ3n) is 2.14. The standard InChI is InChI=1S/C11H17N3S.HI/c1-8-4-5-9(10(6-8)15-3)7-14-11(12)13-2;/h4-6H,7H2,1-3H3,(H3,12,13,14);1H. The van der Waals surface area contributed by atoms with Gasteiger partial charge in [0, 0.05) is 18.5 Å². The Morgan fingerprint density at radius 2 is 2.19 bits per heavy atom. The molecule has 0 radical (unpaired) electrons. The Hall–Kier alpha value is -0.430. The van der Waals surface area contributed by atoms with Crippen molar-refractivity contribution in [2.24, 2.45) is 10.7 Å². The minimum Gasteiger partial charge on any atom is -0.370 e. The van der Waals surface area contributed by atoms with Crippen LogP contribution >= 0.6 is 35.7 Å². The Labute approximate surface area is 118 Å². The Bertz CT molecular complexity index is 366. The monoisotopic (exact) mass is 351 g/mol. The van der Waals surface area contributed by atoms with Crippen molar-refractivity contribution in [1.29, 1.82) is 0 Å². The molecular formula is C11H18IN3S. The number of rotatable bonds is 3. The fourth-order valence-electron chi connectivity index (χ4n) is 1.26. The van der Waals surface area contributed by atoms with Crippen LogP contribution in [-0.2, 0) is 6.54 Å². The zero-order valence-corrected chi connectivity index (χ0v) is 12.9. The van der Waals surface area contributed by atoms with Gasteiger partial charge in [0.1, 0.15) is 0 Å². The van der Waals surface area contributed by atoms with Gasteiger partial charge >= 0.3 is 0 Å². The number of aryl methyl sites for hydroxylation is 1. The van der Waals surface area contributed by atoms with E-state index in [1.807, 2.05) is 0 Å². The summed E-state index contributed by atoms with van der Waals surface area (Å²) < 4.78 is 0. The number of nitrogens with one attached hydrogen (secondary N) is 1. The van der Waals surface area contributed by atoms with Crippen molar-refractivity contribution in [3.05, 3.63) is 29.3 Å². The number of guanidine groups is 1. The zero-order valence-electron chi connectivity index (χ0n) is 9.78. The summed E-state index contributed by atoms with van der Waals surface area (Å²) in [5, 5.41) is 3.06. The van der Waals surface area contributed by atoms with Crippen molar-refractivity contribution >= 4 is 41.7 Å². The van der Waals surface area contributed by atoms with Gasteiger partial charge in [-0.25, -0.2) is 0 Å². The van der Waals surface area contributed by atoms with Crippen molar-refractivity contribution in [2.75, 3.05) is 13.3 Å². The zero-order chi connectivity index (χ0) is 11.3. The van der Waals surface area contributed by atoms with E-state index in [2.05, 4.69) is 41.7 Å². The van der Waals surface area contributed by atoms with Gasteiger partial charge in [0.05, 0.1) is 0 Å². The molecule has 0 aliphatic carbocycles. The van der Waals surface area contributed by atoms with Crippen LogP contribution in [0.4, 0.5) is 0 Å². The SMILES string of the molecule is CN=C(N)NCc1ccc(C)cc1SC.I. The fraction of sp³-hybridized carbons (Fsp3) is 0.364. The molecule has 5 heteroatoms. The Morgan fingerprint density at radius 1 is 1.50 bits per heavy atom. The third kappa shape index (κ3) is 4.61. The molecular weight excluding hydrogens is 333 g/mol. The lowest BCUT2D eigenvalue weighted by Crippen LogP contribution is -2.30. The summed E-state index contributed by atoms with van der Waals surface area (Å²) in [5.74, 6) is 0.475. The maximum absolute atomic E-state index is 5.57. The number of halogens is 1. The van der Waals surface area contributed by atoms with Crippen LogP contribution in [0.2, 0.25) is 0 Å². The summed E-state index contributed by atoms with van der Waals surface area (Å²) in [6.07, 6.45) is 2.08. The highest BCUT2D eigenvalue weighted by Crippen LogP contribution is 2.21. The molecule has 1 aromatic rings. The van der Waals surface area contributed by atoms with Gasteiger partial charge < -0.3 is 11.1 Å². The van der Waals surface area contributed by atoms with E-state index in [1.54, 1.807) is 18.8 Å². The van der Waals surface area contributed by atoms with E-state index < -0.39 is 0 Å². The first kappa shape index (κ1) is 15.6. The fourth-order valence-corrected chi connectivity index (χ4v) is 1.97. The van der Waals surface area contributed by atoms with Crippen molar-refractivity contribution in [2.45, 2.75) is 18.4 Å². The molecule has 0 amide bonds. The maximum Gasteiger partial charge on any atom is 0.188 e. The molecule has 0 fully saturated rings. The molecule has 90 valence electrons. The number of nitrogens with zero attached hydrogens (tertiary/aromatic N) is 1. The summed E-state index contributed by atoms with van der Waals surface area (Å²) in [6.45, 7) is 2.82. The molecule has 0 aliphatic heterocycles. The second-order valence-corrected chi connectivity index (χ2v) is 4.13. The van der Waals surface area contributed by atoms with Gasteiger partial charge in [-0.1, -0.05) is 12.1 Å². The predicted molar refractivity (Wildman–Crippen MR) is 82.8 cm³/mol. The van der Waals surface area contributed by atoms with Crippen molar-refractivity contribution in [1.82, 2.24) is 5.32 Å². The highest BCUT2D eigenvalue weighted by atomic mass is 127. The van der Waals surface area contributed by atoms with Crippen LogP contribution < -0.4 is 11.1 Å². The summed E-state index contributed by atoms with van der Waals surface area (Å²) in [7, 11) is 1.67. The van der Waals surface area contributed by atoms with Gasteiger partial charge in [0.25, 0.3) is 0 Å². The van der Waals surface area contributed by atoms with Gasteiger partial charge in [-0.3, -0.25) is 4.99 Å². The predicted octanol–water partition coefficient (Wildman–Crippen LogP) is 2.37. The van der Waals surface area contributed by atoms with E-state index in [0.717, 1.165) is 6.54 Å². The third-order valence-corrected chi connectivity index (χ3v) is 2.96. The highest BCUT2D eigenvalue weighted by molar-refractivity contribution is 14.0. The largest absolute Gasteiger partial charge is 0.370 e. The Morgan fingerprint density at radius 3 is 2.75 bits per heavy atom. The summed E-state index contributed by atoms with van der Waals surface area (Å²) in [4.78, 5) is 5.14. The first-order valence-corrected chi connectivity index (χ1v) is 5.99. The summed E-state index contributed by atoms with van der Waals surface area (Å²) >= 11 is 1.75. The number of nitrogens with two attached hydrogens (primary N) is 1. The quantitative estimate of drug-likeness (QED) is 0.381. The van der Waals surface area contributed by atoms with E-state index in [0.29, 0.717) is 5.96 Å². The molecule has 0 aliphatic rings. The van der Waals surface area contributed by atoms with Gasteiger partial charge in [0.15, 0.2) is 5.96 Å². The minimum atomic E-state index is 0.